The maximum absolute atomic E-state index is 12.1. The summed E-state index contributed by atoms with van der Waals surface area (Å²) in [5, 5.41) is 8.79. The minimum atomic E-state index is -3.96. The van der Waals surface area contributed by atoms with E-state index in [0.29, 0.717) is 12.4 Å². The predicted octanol–water partition coefficient (Wildman–Crippen LogP) is 0.909. The fourth-order valence-corrected chi connectivity index (χ4v) is 2.90. The lowest BCUT2D eigenvalue weighted by Crippen LogP contribution is -2.40. The van der Waals surface area contributed by atoms with E-state index in [1.54, 1.807) is 11.5 Å². The Kier molecular flexibility index (Phi) is 5.46. The lowest BCUT2D eigenvalue weighted by molar-refractivity contribution is -0.138. The molecule has 0 aromatic carbocycles. The van der Waals surface area contributed by atoms with Crippen molar-refractivity contribution in [1.82, 2.24) is 14.3 Å². The number of aliphatic carboxylic acids is 1. The van der Waals surface area contributed by atoms with Crippen LogP contribution < -0.4 is 4.72 Å². The van der Waals surface area contributed by atoms with Crippen LogP contribution in [0.5, 0.6) is 0 Å². The van der Waals surface area contributed by atoms with Crippen LogP contribution in [-0.2, 0) is 21.4 Å². The predicted molar refractivity (Wildman–Crippen MR) is 73.8 cm³/mol. The van der Waals surface area contributed by atoms with Crippen molar-refractivity contribution in [3.8, 4) is 0 Å². The van der Waals surface area contributed by atoms with Crippen LogP contribution in [0.25, 0.3) is 0 Å². The molecule has 0 aliphatic rings. The summed E-state index contributed by atoms with van der Waals surface area (Å²) in [6.45, 7) is 7.74. The van der Waals surface area contributed by atoms with E-state index in [1.807, 2.05) is 6.92 Å². The van der Waals surface area contributed by atoms with E-state index in [0.717, 1.165) is 6.42 Å². The molecule has 0 radical (unpaired) electrons. The maximum Gasteiger partial charge on any atom is 0.322 e. The topological polar surface area (TPSA) is 101 Å². The van der Waals surface area contributed by atoms with Gasteiger partial charge in [0.2, 0.25) is 0 Å². The van der Waals surface area contributed by atoms with Crippen molar-refractivity contribution < 1.29 is 18.3 Å². The van der Waals surface area contributed by atoms with Gasteiger partial charge in [-0.05, 0) is 19.8 Å². The van der Waals surface area contributed by atoms with Gasteiger partial charge in [-0.2, -0.15) is 4.72 Å². The van der Waals surface area contributed by atoms with Gasteiger partial charge in [0.25, 0.3) is 10.0 Å². The van der Waals surface area contributed by atoms with Crippen LogP contribution in [0, 0.1) is 6.92 Å². The summed E-state index contributed by atoms with van der Waals surface area (Å²) in [7, 11) is -3.96. The standard InChI is InChI=1S/C12H19N3O4S/c1-4-6-10(12(16)17)14-20(18,19)11-8-15(7-5-2)9(3)13-11/h4,8,10,14H,1,5-7H2,2-3H3,(H,16,17). The van der Waals surface area contributed by atoms with Gasteiger partial charge in [-0.3, -0.25) is 4.79 Å². The number of sulfonamides is 1. The number of hydrogen-bond acceptors (Lipinski definition) is 4. The fourth-order valence-electron chi connectivity index (χ4n) is 1.69. The van der Waals surface area contributed by atoms with Crippen molar-refractivity contribution in [3.63, 3.8) is 0 Å². The van der Waals surface area contributed by atoms with Gasteiger partial charge in [0, 0.05) is 12.7 Å². The largest absolute Gasteiger partial charge is 0.480 e. The first kappa shape index (κ1) is 16.4. The molecule has 1 rings (SSSR count). The zero-order chi connectivity index (χ0) is 15.3. The Labute approximate surface area is 118 Å². The molecule has 1 aromatic heterocycles. The number of aryl methyl sites for hydroxylation is 2. The van der Waals surface area contributed by atoms with Crippen LogP contribution in [0.3, 0.4) is 0 Å². The molecule has 112 valence electrons. The Morgan fingerprint density at radius 1 is 1.65 bits per heavy atom. The number of carboxylic acid groups (broad SMARTS) is 1. The van der Waals surface area contributed by atoms with Gasteiger partial charge in [-0.1, -0.05) is 13.0 Å². The molecule has 7 nitrogen and oxygen atoms in total. The van der Waals surface area contributed by atoms with E-state index in [1.165, 1.54) is 12.3 Å². The molecule has 0 saturated heterocycles. The summed E-state index contributed by atoms with van der Waals surface area (Å²) in [5.41, 5.74) is 0. The number of rotatable bonds is 8. The van der Waals surface area contributed by atoms with E-state index in [2.05, 4.69) is 16.3 Å². The molecule has 20 heavy (non-hydrogen) atoms. The molecule has 0 fully saturated rings. The summed E-state index contributed by atoms with van der Waals surface area (Å²) < 4.78 is 28.1. The van der Waals surface area contributed by atoms with Gasteiger partial charge < -0.3 is 9.67 Å². The van der Waals surface area contributed by atoms with E-state index in [9.17, 15) is 13.2 Å². The second-order valence-corrected chi connectivity index (χ2v) is 6.02. The Balaban J connectivity index is 3.01. The maximum atomic E-state index is 12.1. The molecule has 0 spiro atoms. The van der Waals surface area contributed by atoms with Crippen LogP contribution in [0.4, 0.5) is 0 Å². The molecular formula is C12H19N3O4S. The molecule has 1 aromatic rings. The van der Waals surface area contributed by atoms with Gasteiger partial charge in [0.15, 0.2) is 5.03 Å². The zero-order valence-corrected chi connectivity index (χ0v) is 12.4. The third kappa shape index (κ3) is 3.91. The zero-order valence-electron chi connectivity index (χ0n) is 11.5. The molecule has 1 unspecified atom stereocenters. The Bertz CT molecular complexity index is 592. The number of imidazole rings is 1. The summed E-state index contributed by atoms with van der Waals surface area (Å²) >= 11 is 0. The Morgan fingerprint density at radius 3 is 2.80 bits per heavy atom. The molecular weight excluding hydrogens is 282 g/mol. The minimum Gasteiger partial charge on any atom is -0.480 e. The molecule has 0 bridgehead atoms. The lowest BCUT2D eigenvalue weighted by Gasteiger charge is -2.11. The Hall–Kier alpha value is -1.67. The highest BCUT2D eigenvalue weighted by Crippen LogP contribution is 2.11. The average molecular weight is 301 g/mol. The van der Waals surface area contributed by atoms with Crippen LogP contribution in [0.1, 0.15) is 25.6 Å². The highest BCUT2D eigenvalue weighted by molar-refractivity contribution is 7.89. The third-order valence-electron chi connectivity index (χ3n) is 2.69. The van der Waals surface area contributed by atoms with Crippen molar-refractivity contribution in [2.75, 3.05) is 0 Å². The Morgan fingerprint density at radius 2 is 2.30 bits per heavy atom. The summed E-state index contributed by atoms with van der Waals surface area (Å²) in [4.78, 5) is 14.9. The smallest absolute Gasteiger partial charge is 0.322 e. The number of aromatic nitrogens is 2. The summed E-state index contributed by atoms with van der Waals surface area (Å²) in [6, 6.07) is -1.24. The van der Waals surface area contributed by atoms with E-state index in [-0.39, 0.29) is 11.4 Å². The fraction of sp³-hybridized carbons (Fsp3) is 0.500. The molecule has 1 heterocycles. The molecule has 1 atom stereocenters. The molecule has 0 aliphatic carbocycles. The van der Waals surface area contributed by atoms with E-state index in [4.69, 9.17) is 5.11 Å². The number of nitrogens with zero attached hydrogens (tertiary/aromatic N) is 2. The normalized spacial score (nSPS) is 13.1. The van der Waals surface area contributed by atoms with Gasteiger partial charge in [-0.15, -0.1) is 6.58 Å². The lowest BCUT2D eigenvalue weighted by atomic mass is 10.2. The molecule has 0 aliphatic heterocycles. The van der Waals surface area contributed by atoms with Crippen molar-refractivity contribution >= 4 is 16.0 Å². The first-order valence-corrected chi connectivity index (χ1v) is 7.70. The molecule has 2 N–H and O–H groups in total. The second kappa shape index (κ2) is 6.67. The van der Waals surface area contributed by atoms with Crippen molar-refractivity contribution in [3.05, 3.63) is 24.7 Å². The second-order valence-electron chi connectivity index (χ2n) is 4.36. The quantitative estimate of drug-likeness (QED) is 0.695. The first-order chi connectivity index (χ1) is 9.31. The monoisotopic (exact) mass is 301 g/mol. The number of hydrogen-bond donors (Lipinski definition) is 2. The van der Waals surface area contributed by atoms with Gasteiger partial charge in [-0.25, -0.2) is 13.4 Å². The number of carboxylic acids is 1. The summed E-state index contributed by atoms with van der Waals surface area (Å²) in [6.07, 6.45) is 3.61. The van der Waals surface area contributed by atoms with Crippen LogP contribution >= 0.6 is 0 Å². The molecule has 0 amide bonds. The highest BCUT2D eigenvalue weighted by Gasteiger charge is 2.26. The van der Waals surface area contributed by atoms with Crippen LogP contribution in [0.15, 0.2) is 23.9 Å². The van der Waals surface area contributed by atoms with E-state index < -0.39 is 22.0 Å². The van der Waals surface area contributed by atoms with Crippen LogP contribution in [-0.4, -0.2) is 35.1 Å². The van der Waals surface area contributed by atoms with Crippen molar-refractivity contribution in [1.29, 1.82) is 0 Å². The van der Waals surface area contributed by atoms with Gasteiger partial charge in [0.05, 0.1) is 0 Å². The summed E-state index contributed by atoms with van der Waals surface area (Å²) in [5.74, 6) is -0.680. The average Bonchev–Trinajstić information content (AvgIpc) is 2.71. The molecule has 8 heteroatoms. The number of nitrogens with one attached hydrogen (secondary N) is 1. The minimum absolute atomic E-state index is 0.00319. The SMILES string of the molecule is C=CCC(NS(=O)(=O)c1cn(CCC)c(C)n1)C(=O)O. The van der Waals surface area contributed by atoms with Gasteiger partial charge >= 0.3 is 5.97 Å². The number of carbonyl (C=O) groups is 1. The highest BCUT2D eigenvalue weighted by atomic mass is 32.2. The van der Waals surface area contributed by atoms with Crippen molar-refractivity contribution in [2.24, 2.45) is 0 Å². The molecule has 0 saturated carbocycles. The van der Waals surface area contributed by atoms with Gasteiger partial charge in [0.1, 0.15) is 11.9 Å². The van der Waals surface area contributed by atoms with Crippen LogP contribution in [0.2, 0.25) is 0 Å². The van der Waals surface area contributed by atoms with Crippen molar-refractivity contribution in [2.45, 2.75) is 44.3 Å². The first-order valence-electron chi connectivity index (χ1n) is 6.21. The van der Waals surface area contributed by atoms with E-state index >= 15 is 0 Å². The third-order valence-corrected chi connectivity index (χ3v) is 4.03.